The first kappa shape index (κ1) is 14.0. The number of carbonyl (C=O) groups excluding carboxylic acids is 1. The summed E-state index contributed by atoms with van der Waals surface area (Å²) < 4.78 is 5.17. The predicted octanol–water partition coefficient (Wildman–Crippen LogP) is -1.68. The van der Waals surface area contributed by atoms with Gasteiger partial charge in [0.05, 0.1) is 32.0 Å². The average molecular weight is 274 g/mol. The SMILES string of the molecule is O=C(O)[C@H]1C[C@@H](O)CN1C(=O)N1CCOCC1CO. The maximum Gasteiger partial charge on any atom is 0.326 e. The lowest BCUT2D eigenvalue weighted by Crippen LogP contribution is -2.56. The lowest BCUT2D eigenvalue weighted by Gasteiger charge is -2.37. The van der Waals surface area contributed by atoms with Crippen molar-refractivity contribution in [2.24, 2.45) is 0 Å². The standard InChI is InChI=1S/C11H18N2O6/c14-5-7-6-19-2-1-12(7)11(18)13-4-8(15)3-9(13)10(16)17/h7-9,14-15H,1-6H2,(H,16,17)/t7?,8-,9-/m1/s1. The van der Waals surface area contributed by atoms with Crippen LogP contribution < -0.4 is 0 Å². The second kappa shape index (κ2) is 5.72. The normalized spacial score (nSPS) is 31.6. The monoisotopic (exact) mass is 274 g/mol. The first-order valence-electron chi connectivity index (χ1n) is 6.21. The van der Waals surface area contributed by atoms with Crippen LogP contribution in [-0.4, -0.2) is 88.2 Å². The van der Waals surface area contributed by atoms with Crippen molar-refractivity contribution in [3.05, 3.63) is 0 Å². The first-order valence-corrected chi connectivity index (χ1v) is 6.21. The summed E-state index contributed by atoms with van der Waals surface area (Å²) in [6, 6.07) is -1.94. The van der Waals surface area contributed by atoms with E-state index in [1.54, 1.807) is 0 Å². The third-order valence-electron chi connectivity index (χ3n) is 3.49. The van der Waals surface area contributed by atoms with Gasteiger partial charge in [-0.3, -0.25) is 0 Å². The van der Waals surface area contributed by atoms with E-state index in [1.807, 2.05) is 0 Å². The molecule has 2 heterocycles. The highest BCUT2D eigenvalue weighted by molar-refractivity contribution is 5.83. The number of ether oxygens (including phenoxy) is 1. The zero-order valence-corrected chi connectivity index (χ0v) is 10.4. The summed E-state index contributed by atoms with van der Waals surface area (Å²) in [6.45, 7) is 0.668. The van der Waals surface area contributed by atoms with Gasteiger partial charge in [-0.15, -0.1) is 0 Å². The number of aliphatic carboxylic acids is 1. The molecule has 2 aliphatic heterocycles. The van der Waals surface area contributed by atoms with Crippen molar-refractivity contribution in [3.8, 4) is 0 Å². The molecule has 0 bridgehead atoms. The van der Waals surface area contributed by atoms with Crippen LogP contribution in [0.15, 0.2) is 0 Å². The van der Waals surface area contributed by atoms with Gasteiger partial charge in [0.15, 0.2) is 0 Å². The highest BCUT2D eigenvalue weighted by atomic mass is 16.5. The van der Waals surface area contributed by atoms with Crippen LogP contribution in [0.25, 0.3) is 0 Å². The molecular formula is C11H18N2O6. The summed E-state index contributed by atoms with van der Waals surface area (Å²) in [5.41, 5.74) is 0. The Hall–Kier alpha value is -1.38. The molecule has 8 nitrogen and oxygen atoms in total. The van der Waals surface area contributed by atoms with Gasteiger partial charge in [-0.1, -0.05) is 0 Å². The minimum Gasteiger partial charge on any atom is -0.480 e. The second-order valence-corrected chi connectivity index (χ2v) is 4.78. The number of nitrogens with zero attached hydrogens (tertiary/aromatic N) is 2. The molecule has 0 spiro atoms. The van der Waals surface area contributed by atoms with Gasteiger partial charge in [-0.25, -0.2) is 9.59 Å². The number of β-amino-alcohol motifs (C(OH)–C–C–N with tert-alkyl or cyclic N) is 1. The molecule has 0 aromatic rings. The van der Waals surface area contributed by atoms with Crippen LogP contribution in [0.1, 0.15) is 6.42 Å². The van der Waals surface area contributed by atoms with Gasteiger partial charge in [-0.05, 0) is 0 Å². The Morgan fingerprint density at radius 1 is 1.32 bits per heavy atom. The van der Waals surface area contributed by atoms with Crippen LogP contribution in [0.2, 0.25) is 0 Å². The quantitative estimate of drug-likeness (QED) is 0.554. The summed E-state index contributed by atoms with van der Waals surface area (Å²) in [7, 11) is 0. The molecule has 0 saturated carbocycles. The summed E-state index contributed by atoms with van der Waals surface area (Å²) in [5, 5.41) is 27.8. The summed E-state index contributed by atoms with van der Waals surface area (Å²) in [4.78, 5) is 26.0. The molecule has 2 saturated heterocycles. The lowest BCUT2D eigenvalue weighted by molar-refractivity contribution is -0.141. The zero-order chi connectivity index (χ0) is 14.0. The maximum atomic E-state index is 12.3. The number of morpholine rings is 1. The lowest BCUT2D eigenvalue weighted by atomic mass is 10.2. The number of amides is 2. The molecular weight excluding hydrogens is 256 g/mol. The minimum absolute atomic E-state index is 0.00526. The van der Waals surface area contributed by atoms with E-state index in [-0.39, 0.29) is 26.2 Å². The molecule has 2 aliphatic rings. The van der Waals surface area contributed by atoms with Crippen molar-refractivity contribution in [1.29, 1.82) is 0 Å². The zero-order valence-electron chi connectivity index (χ0n) is 10.4. The van der Waals surface area contributed by atoms with Crippen LogP contribution in [0, 0.1) is 0 Å². The Labute approximate surface area is 110 Å². The Bertz CT molecular complexity index is 363. The molecule has 3 atom stereocenters. The molecule has 2 fully saturated rings. The molecule has 19 heavy (non-hydrogen) atoms. The van der Waals surface area contributed by atoms with Crippen LogP contribution in [0.3, 0.4) is 0 Å². The number of hydrogen-bond donors (Lipinski definition) is 3. The third kappa shape index (κ3) is 2.80. The van der Waals surface area contributed by atoms with E-state index in [0.717, 1.165) is 4.90 Å². The van der Waals surface area contributed by atoms with Crippen molar-refractivity contribution in [2.45, 2.75) is 24.6 Å². The van der Waals surface area contributed by atoms with Gasteiger partial charge in [0.1, 0.15) is 6.04 Å². The highest BCUT2D eigenvalue weighted by Gasteiger charge is 2.42. The van der Waals surface area contributed by atoms with Crippen molar-refractivity contribution in [1.82, 2.24) is 9.80 Å². The summed E-state index contributed by atoms with van der Waals surface area (Å²) >= 11 is 0. The Balaban J connectivity index is 2.11. The van der Waals surface area contributed by atoms with E-state index >= 15 is 0 Å². The van der Waals surface area contributed by atoms with Gasteiger partial charge < -0.3 is 29.9 Å². The average Bonchev–Trinajstić information content (AvgIpc) is 2.80. The van der Waals surface area contributed by atoms with Gasteiger partial charge in [0, 0.05) is 19.5 Å². The Kier molecular flexibility index (Phi) is 4.23. The number of aliphatic hydroxyl groups is 2. The minimum atomic E-state index is -1.13. The number of carboxylic acid groups (broad SMARTS) is 1. The number of carbonyl (C=O) groups is 2. The number of likely N-dealkylation sites (tertiary alicyclic amines) is 1. The second-order valence-electron chi connectivity index (χ2n) is 4.78. The predicted molar refractivity (Wildman–Crippen MR) is 62.5 cm³/mol. The van der Waals surface area contributed by atoms with Crippen molar-refractivity contribution >= 4 is 12.0 Å². The van der Waals surface area contributed by atoms with E-state index in [9.17, 15) is 19.8 Å². The van der Waals surface area contributed by atoms with Crippen LogP contribution in [-0.2, 0) is 9.53 Å². The summed E-state index contributed by atoms with van der Waals surface area (Å²) in [6.07, 6.45) is -0.784. The maximum absolute atomic E-state index is 12.3. The highest BCUT2D eigenvalue weighted by Crippen LogP contribution is 2.21. The molecule has 108 valence electrons. The number of urea groups is 1. The molecule has 0 radical (unpaired) electrons. The van der Waals surface area contributed by atoms with Gasteiger partial charge in [0.25, 0.3) is 0 Å². The number of carboxylic acids is 1. The van der Waals surface area contributed by atoms with E-state index in [4.69, 9.17) is 9.84 Å². The largest absolute Gasteiger partial charge is 0.480 e. The molecule has 1 unspecified atom stereocenters. The molecule has 0 aromatic heterocycles. The molecule has 2 rings (SSSR count). The smallest absolute Gasteiger partial charge is 0.326 e. The number of hydrogen-bond acceptors (Lipinski definition) is 5. The van der Waals surface area contributed by atoms with Gasteiger partial charge in [0.2, 0.25) is 0 Å². The van der Waals surface area contributed by atoms with E-state index in [2.05, 4.69) is 0 Å². The Morgan fingerprint density at radius 2 is 2.05 bits per heavy atom. The third-order valence-corrected chi connectivity index (χ3v) is 3.49. The van der Waals surface area contributed by atoms with E-state index < -0.39 is 30.2 Å². The van der Waals surface area contributed by atoms with Crippen LogP contribution >= 0.6 is 0 Å². The summed E-state index contributed by atoms with van der Waals surface area (Å²) in [5.74, 6) is -1.13. The van der Waals surface area contributed by atoms with E-state index in [0.29, 0.717) is 13.2 Å². The Morgan fingerprint density at radius 3 is 2.68 bits per heavy atom. The fraction of sp³-hybridized carbons (Fsp3) is 0.818. The molecule has 0 aliphatic carbocycles. The van der Waals surface area contributed by atoms with E-state index in [1.165, 1.54) is 4.90 Å². The molecule has 2 amide bonds. The number of aliphatic hydroxyl groups excluding tert-OH is 2. The fourth-order valence-electron chi connectivity index (χ4n) is 2.48. The van der Waals surface area contributed by atoms with Crippen LogP contribution in [0.5, 0.6) is 0 Å². The van der Waals surface area contributed by atoms with Gasteiger partial charge in [-0.2, -0.15) is 0 Å². The van der Waals surface area contributed by atoms with Crippen molar-refractivity contribution in [3.63, 3.8) is 0 Å². The van der Waals surface area contributed by atoms with Gasteiger partial charge >= 0.3 is 12.0 Å². The fourth-order valence-corrected chi connectivity index (χ4v) is 2.48. The number of rotatable bonds is 2. The van der Waals surface area contributed by atoms with Crippen molar-refractivity contribution < 1.29 is 29.6 Å². The molecule has 3 N–H and O–H groups in total. The topological polar surface area (TPSA) is 111 Å². The van der Waals surface area contributed by atoms with Crippen LogP contribution in [0.4, 0.5) is 4.79 Å². The first-order chi connectivity index (χ1) is 9.04. The molecule has 8 heteroatoms. The van der Waals surface area contributed by atoms with Crippen molar-refractivity contribution in [2.75, 3.05) is 32.9 Å². The molecule has 0 aromatic carbocycles.